The molecule has 1 unspecified atom stereocenters. The smallest absolute Gasteiger partial charge is 0.237 e. The summed E-state index contributed by atoms with van der Waals surface area (Å²) in [4.78, 5) is 13.9. The molecule has 1 amide bonds. The van der Waals surface area contributed by atoms with Gasteiger partial charge in [0, 0.05) is 13.1 Å². The van der Waals surface area contributed by atoms with Crippen LogP contribution in [0, 0.1) is 5.92 Å². The van der Waals surface area contributed by atoms with Gasteiger partial charge in [-0.2, -0.15) is 0 Å². The third-order valence-electron chi connectivity index (χ3n) is 3.33. The van der Waals surface area contributed by atoms with E-state index in [1.807, 2.05) is 19.9 Å². The van der Waals surface area contributed by atoms with Gasteiger partial charge in [-0.3, -0.25) is 4.79 Å². The van der Waals surface area contributed by atoms with E-state index >= 15 is 0 Å². The summed E-state index contributed by atoms with van der Waals surface area (Å²) < 4.78 is 0. The summed E-state index contributed by atoms with van der Waals surface area (Å²) in [5, 5.41) is 2.89. The van der Waals surface area contributed by atoms with Crippen molar-refractivity contribution in [1.82, 2.24) is 10.2 Å². The molecule has 0 radical (unpaired) electrons. The SMILES string of the molecule is CC(C)C(N)C(=O)NCCCN(C)Cc1ccccc1. The monoisotopic (exact) mass is 277 g/mol. The quantitative estimate of drug-likeness (QED) is 0.710. The first-order valence-electron chi connectivity index (χ1n) is 7.26. The maximum absolute atomic E-state index is 11.7. The largest absolute Gasteiger partial charge is 0.355 e. The fourth-order valence-corrected chi connectivity index (χ4v) is 1.96. The third kappa shape index (κ3) is 6.17. The molecule has 3 N–H and O–H groups in total. The summed E-state index contributed by atoms with van der Waals surface area (Å²) >= 11 is 0. The number of amides is 1. The van der Waals surface area contributed by atoms with E-state index in [1.165, 1.54) is 5.56 Å². The molecular weight excluding hydrogens is 250 g/mol. The Morgan fingerprint density at radius 3 is 2.55 bits per heavy atom. The minimum absolute atomic E-state index is 0.0503. The van der Waals surface area contributed by atoms with Gasteiger partial charge in [0.2, 0.25) is 5.91 Å². The average molecular weight is 277 g/mol. The Kier molecular flexibility index (Phi) is 7.26. The van der Waals surface area contributed by atoms with E-state index in [1.54, 1.807) is 0 Å². The number of carbonyl (C=O) groups excluding carboxylic acids is 1. The molecule has 0 bridgehead atoms. The average Bonchev–Trinajstić information content (AvgIpc) is 2.43. The molecule has 4 heteroatoms. The van der Waals surface area contributed by atoms with Crippen LogP contribution in [0.1, 0.15) is 25.8 Å². The van der Waals surface area contributed by atoms with Gasteiger partial charge in [0.05, 0.1) is 6.04 Å². The molecule has 0 aliphatic heterocycles. The number of benzene rings is 1. The number of rotatable bonds is 8. The van der Waals surface area contributed by atoms with Crippen molar-refractivity contribution >= 4 is 5.91 Å². The van der Waals surface area contributed by atoms with Crippen molar-refractivity contribution < 1.29 is 4.79 Å². The Balaban J connectivity index is 2.16. The Bertz CT molecular complexity index is 392. The van der Waals surface area contributed by atoms with Crippen LogP contribution in [0.5, 0.6) is 0 Å². The van der Waals surface area contributed by atoms with Gasteiger partial charge in [0.1, 0.15) is 0 Å². The second kappa shape index (κ2) is 8.72. The van der Waals surface area contributed by atoms with Gasteiger partial charge in [-0.25, -0.2) is 0 Å². The molecular formula is C16H27N3O. The molecule has 0 heterocycles. The number of hydrogen-bond acceptors (Lipinski definition) is 3. The normalized spacial score (nSPS) is 12.7. The van der Waals surface area contributed by atoms with Gasteiger partial charge in [0.25, 0.3) is 0 Å². The molecule has 0 spiro atoms. The van der Waals surface area contributed by atoms with Crippen molar-refractivity contribution in [2.45, 2.75) is 32.9 Å². The van der Waals surface area contributed by atoms with Crippen molar-refractivity contribution in [3.63, 3.8) is 0 Å². The van der Waals surface area contributed by atoms with Crippen LogP contribution in [0.4, 0.5) is 0 Å². The molecule has 1 aromatic carbocycles. The van der Waals surface area contributed by atoms with E-state index in [0.29, 0.717) is 6.54 Å². The Hall–Kier alpha value is -1.39. The van der Waals surface area contributed by atoms with E-state index < -0.39 is 6.04 Å². The van der Waals surface area contributed by atoms with Crippen LogP contribution in [-0.2, 0) is 11.3 Å². The highest BCUT2D eigenvalue weighted by molar-refractivity contribution is 5.81. The summed E-state index contributed by atoms with van der Waals surface area (Å²) in [5.41, 5.74) is 7.09. The van der Waals surface area contributed by atoms with Gasteiger partial charge in [-0.1, -0.05) is 44.2 Å². The minimum Gasteiger partial charge on any atom is -0.355 e. The lowest BCUT2D eigenvalue weighted by atomic mass is 10.1. The van der Waals surface area contributed by atoms with Crippen molar-refractivity contribution in [3.05, 3.63) is 35.9 Å². The zero-order chi connectivity index (χ0) is 15.0. The molecule has 1 atom stereocenters. The standard InChI is InChI=1S/C16H27N3O/c1-13(2)15(17)16(20)18-10-7-11-19(3)12-14-8-5-4-6-9-14/h4-6,8-9,13,15H,7,10-12,17H2,1-3H3,(H,18,20). The first kappa shape index (κ1) is 16.7. The lowest BCUT2D eigenvalue weighted by molar-refractivity contribution is -0.123. The fraction of sp³-hybridized carbons (Fsp3) is 0.562. The number of nitrogens with one attached hydrogen (secondary N) is 1. The van der Waals surface area contributed by atoms with Gasteiger partial charge in [0.15, 0.2) is 0 Å². The fourth-order valence-electron chi connectivity index (χ4n) is 1.96. The summed E-state index contributed by atoms with van der Waals surface area (Å²) in [6, 6.07) is 9.97. The van der Waals surface area contributed by atoms with Crippen molar-refractivity contribution in [2.24, 2.45) is 11.7 Å². The van der Waals surface area contributed by atoms with Crippen LogP contribution in [0.25, 0.3) is 0 Å². The summed E-state index contributed by atoms with van der Waals surface area (Å²) in [7, 11) is 2.09. The van der Waals surface area contributed by atoms with Crippen LogP contribution in [-0.4, -0.2) is 37.0 Å². The highest BCUT2D eigenvalue weighted by Crippen LogP contribution is 2.03. The predicted octanol–water partition coefficient (Wildman–Crippen LogP) is 1.61. The molecule has 1 aromatic rings. The maximum Gasteiger partial charge on any atom is 0.237 e. The van der Waals surface area contributed by atoms with Crippen molar-refractivity contribution in [3.8, 4) is 0 Å². The van der Waals surface area contributed by atoms with Gasteiger partial charge in [-0.05, 0) is 31.5 Å². The zero-order valence-electron chi connectivity index (χ0n) is 12.8. The number of nitrogens with zero attached hydrogens (tertiary/aromatic N) is 1. The second-order valence-electron chi connectivity index (χ2n) is 5.64. The minimum atomic E-state index is -0.406. The first-order valence-corrected chi connectivity index (χ1v) is 7.26. The highest BCUT2D eigenvalue weighted by atomic mass is 16.2. The number of carbonyl (C=O) groups is 1. The van der Waals surface area contributed by atoms with Crippen LogP contribution >= 0.6 is 0 Å². The molecule has 1 rings (SSSR count). The lowest BCUT2D eigenvalue weighted by Crippen LogP contribution is -2.44. The van der Waals surface area contributed by atoms with Gasteiger partial charge < -0.3 is 16.0 Å². The number of hydrogen-bond donors (Lipinski definition) is 2. The summed E-state index contributed by atoms with van der Waals surface area (Å²) in [6.45, 7) is 6.47. The summed E-state index contributed by atoms with van der Waals surface area (Å²) in [6.07, 6.45) is 0.930. The van der Waals surface area contributed by atoms with Crippen molar-refractivity contribution in [1.29, 1.82) is 0 Å². The molecule has 0 aliphatic carbocycles. The number of nitrogens with two attached hydrogens (primary N) is 1. The van der Waals surface area contributed by atoms with E-state index in [-0.39, 0.29) is 11.8 Å². The third-order valence-corrected chi connectivity index (χ3v) is 3.33. The van der Waals surface area contributed by atoms with E-state index in [9.17, 15) is 4.79 Å². The van der Waals surface area contributed by atoms with Gasteiger partial charge >= 0.3 is 0 Å². The van der Waals surface area contributed by atoms with E-state index in [0.717, 1.165) is 19.5 Å². The molecule has 112 valence electrons. The van der Waals surface area contributed by atoms with Crippen LogP contribution in [0.2, 0.25) is 0 Å². The highest BCUT2D eigenvalue weighted by Gasteiger charge is 2.16. The second-order valence-corrected chi connectivity index (χ2v) is 5.64. The molecule has 0 fully saturated rings. The zero-order valence-corrected chi connectivity index (χ0v) is 12.8. The molecule has 0 saturated carbocycles. The Morgan fingerprint density at radius 2 is 1.95 bits per heavy atom. The molecule has 0 aromatic heterocycles. The van der Waals surface area contributed by atoms with Crippen LogP contribution in [0.3, 0.4) is 0 Å². The molecule has 0 saturated heterocycles. The molecule has 20 heavy (non-hydrogen) atoms. The predicted molar refractivity (Wildman–Crippen MR) is 83.2 cm³/mol. The Morgan fingerprint density at radius 1 is 1.30 bits per heavy atom. The van der Waals surface area contributed by atoms with Crippen LogP contribution < -0.4 is 11.1 Å². The summed E-state index contributed by atoms with van der Waals surface area (Å²) in [5.74, 6) is 0.126. The van der Waals surface area contributed by atoms with Gasteiger partial charge in [-0.15, -0.1) is 0 Å². The first-order chi connectivity index (χ1) is 9.50. The molecule has 4 nitrogen and oxygen atoms in total. The van der Waals surface area contributed by atoms with Crippen LogP contribution in [0.15, 0.2) is 30.3 Å². The lowest BCUT2D eigenvalue weighted by Gasteiger charge is -2.18. The van der Waals surface area contributed by atoms with E-state index in [4.69, 9.17) is 5.73 Å². The maximum atomic E-state index is 11.7. The molecule has 0 aliphatic rings. The van der Waals surface area contributed by atoms with E-state index in [2.05, 4.69) is 41.5 Å². The van der Waals surface area contributed by atoms with Crippen molar-refractivity contribution in [2.75, 3.05) is 20.1 Å². The Labute approximate surface area is 122 Å². The topological polar surface area (TPSA) is 58.4 Å².